The number of halogens is 2. The number of hydrogen-bond donors (Lipinski definition) is 2. The van der Waals surface area contributed by atoms with Crippen LogP contribution < -0.4 is 4.72 Å². The van der Waals surface area contributed by atoms with Crippen molar-refractivity contribution in [2.45, 2.75) is 4.90 Å². The van der Waals surface area contributed by atoms with Gasteiger partial charge in [-0.3, -0.25) is 9.82 Å². The van der Waals surface area contributed by atoms with E-state index in [1.807, 2.05) is 0 Å². The first-order valence-electron chi connectivity index (χ1n) is 9.71. The minimum absolute atomic E-state index is 0.141. The predicted octanol–water partition coefficient (Wildman–Crippen LogP) is 4.09. The zero-order chi connectivity index (χ0) is 23.7. The highest BCUT2D eigenvalue weighted by Gasteiger charge is 2.20. The quantitative estimate of drug-likeness (QED) is 0.377. The summed E-state index contributed by atoms with van der Waals surface area (Å²) in [4.78, 5) is 7.77. The summed E-state index contributed by atoms with van der Waals surface area (Å²) in [5.41, 5.74) is 0.395. The van der Waals surface area contributed by atoms with Gasteiger partial charge in [-0.15, -0.1) is 0 Å². The van der Waals surface area contributed by atoms with E-state index >= 15 is 4.39 Å². The molecule has 8 nitrogen and oxygen atoms in total. The van der Waals surface area contributed by atoms with E-state index in [1.165, 1.54) is 37.0 Å². The minimum Gasteiger partial charge on any atom is -0.444 e. The van der Waals surface area contributed by atoms with E-state index in [0.29, 0.717) is 27.9 Å². The van der Waals surface area contributed by atoms with Crippen molar-refractivity contribution in [2.24, 2.45) is 0 Å². The van der Waals surface area contributed by atoms with Gasteiger partial charge in [0.2, 0.25) is 0 Å². The third-order valence-corrected chi connectivity index (χ3v) is 6.18. The van der Waals surface area contributed by atoms with Gasteiger partial charge in [-0.25, -0.2) is 27.2 Å². The Balaban J connectivity index is 1.46. The van der Waals surface area contributed by atoms with Crippen LogP contribution in [0.4, 0.5) is 14.5 Å². The summed E-state index contributed by atoms with van der Waals surface area (Å²) in [6.07, 6.45) is 5.62. The van der Waals surface area contributed by atoms with Gasteiger partial charge in [-0.05, 0) is 30.3 Å². The zero-order valence-electron chi connectivity index (χ0n) is 17.1. The number of aromatic amines is 1. The SMILES string of the molecule is O=S(=O)(Nc1ccc(F)c(C#Cc2cnc3[nH]ncc3c2)c1F)c1cccc(-c2cnco2)c1. The van der Waals surface area contributed by atoms with Crippen LogP contribution >= 0.6 is 0 Å². The summed E-state index contributed by atoms with van der Waals surface area (Å²) >= 11 is 0. The maximum atomic E-state index is 15.1. The number of nitrogens with one attached hydrogen (secondary N) is 2. The maximum absolute atomic E-state index is 15.1. The van der Waals surface area contributed by atoms with Crippen LogP contribution in [0.2, 0.25) is 0 Å². The second-order valence-electron chi connectivity index (χ2n) is 7.06. The number of hydrogen-bond acceptors (Lipinski definition) is 6. The van der Waals surface area contributed by atoms with Crippen molar-refractivity contribution in [1.82, 2.24) is 20.2 Å². The average Bonchev–Trinajstić information content (AvgIpc) is 3.53. The Morgan fingerprint density at radius 2 is 1.91 bits per heavy atom. The Kier molecular flexibility index (Phi) is 5.27. The molecule has 0 fully saturated rings. The average molecular weight is 477 g/mol. The van der Waals surface area contributed by atoms with E-state index in [1.54, 1.807) is 18.3 Å². The van der Waals surface area contributed by atoms with Crippen molar-refractivity contribution in [2.75, 3.05) is 4.72 Å². The Morgan fingerprint density at radius 1 is 1.03 bits per heavy atom. The molecule has 0 radical (unpaired) electrons. The van der Waals surface area contributed by atoms with Crippen LogP contribution in [0.5, 0.6) is 0 Å². The van der Waals surface area contributed by atoms with Crippen LogP contribution in [-0.2, 0) is 10.0 Å². The van der Waals surface area contributed by atoms with Gasteiger partial charge in [0.1, 0.15) is 5.82 Å². The lowest BCUT2D eigenvalue weighted by Gasteiger charge is -2.11. The molecule has 3 heterocycles. The topological polar surface area (TPSA) is 114 Å². The fourth-order valence-corrected chi connectivity index (χ4v) is 4.27. The molecule has 0 aliphatic heterocycles. The Bertz CT molecular complexity index is 1690. The summed E-state index contributed by atoms with van der Waals surface area (Å²) in [6, 6.07) is 9.42. The highest BCUT2D eigenvalue weighted by Crippen LogP contribution is 2.26. The number of pyridine rings is 1. The zero-order valence-corrected chi connectivity index (χ0v) is 17.9. The molecule has 0 spiro atoms. The lowest BCUT2D eigenvalue weighted by molar-refractivity contribution is 0.571. The minimum atomic E-state index is -4.21. The third kappa shape index (κ3) is 4.10. The van der Waals surface area contributed by atoms with Gasteiger partial charge in [0, 0.05) is 22.7 Å². The molecular formula is C23H13F2N5O3S. The monoisotopic (exact) mass is 477 g/mol. The maximum Gasteiger partial charge on any atom is 0.262 e. The highest BCUT2D eigenvalue weighted by molar-refractivity contribution is 7.92. The molecule has 0 atom stereocenters. The number of anilines is 1. The van der Waals surface area contributed by atoms with Gasteiger partial charge in [0.25, 0.3) is 10.0 Å². The number of aromatic nitrogens is 4. The fourth-order valence-electron chi connectivity index (χ4n) is 3.16. The molecule has 0 unspecified atom stereocenters. The number of oxazole rings is 1. The number of rotatable bonds is 4. The van der Waals surface area contributed by atoms with Gasteiger partial charge in [0.15, 0.2) is 23.6 Å². The van der Waals surface area contributed by atoms with Crippen LogP contribution in [-0.4, -0.2) is 28.6 Å². The standard InChI is InChI=1S/C23H13F2N5O3S/c24-19-6-7-20(22(25)18(19)5-4-14-8-16-11-28-29-23(16)27-10-14)30-34(31,32)17-3-1-2-15(9-17)21-12-26-13-33-21/h1-3,6-13,30H,(H,27,28,29). The molecule has 0 aliphatic rings. The van der Waals surface area contributed by atoms with Crippen LogP contribution in [0.25, 0.3) is 22.4 Å². The molecule has 0 bridgehead atoms. The first-order chi connectivity index (χ1) is 16.4. The summed E-state index contributed by atoms with van der Waals surface area (Å²) < 4.78 is 62.5. The number of H-pyrrole nitrogens is 1. The number of fused-ring (bicyclic) bond motifs is 1. The van der Waals surface area contributed by atoms with E-state index in [2.05, 4.69) is 36.7 Å². The van der Waals surface area contributed by atoms with Crippen molar-refractivity contribution in [3.05, 3.63) is 90.2 Å². The van der Waals surface area contributed by atoms with Crippen LogP contribution in [0, 0.1) is 23.5 Å². The Morgan fingerprint density at radius 3 is 2.74 bits per heavy atom. The van der Waals surface area contributed by atoms with E-state index in [-0.39, 0.29) is 4.90 Å². The van der Waals surface area contributed by atoms with E-state index < -0.39 is 32.9 Å². The summed E-state index contributed by atoms with van der Waals surface area (Å²) in [6.45, 7) is 0. The molecule has 3 aromatic heterocycles. The first kappa shape index (κ1) is 21.3. The molecule has 0 saturated heterocycles. The number of nitrogens with zero attached hydrogens (tertiary/aromatic N) is 3. The van der Waals surface area contributed by atoms with Gasteiger partial charge < -0.3 is 4.42 Å². The number of benzene rings is 2. The predicted molar refractivity (Wildman–Crippen MR) is 119 cm³/mol. The lowest BCUT2D eigenvalue weighted by atomic mass is 10.1. The van der Waals surface area contributed by atoms with E-state index in [4.69, 9.17) is 4.42 Å². The van der Waals surface area contributed by atoms with Gasteiger partial charge in [-0.1, -0.05) is 24.0 Å². The molecule has 5 aromatic rings. The summed E-state index contributed by atoms with van der Waals surface area (Å²) in [5.74, 6) is 3.36. The molecule has 5 rings (SSSR count). The van der Waals surface area contributed by atoms with Crippen LogP contribution in [0.1, 0.15) is 11.1 Å². The van der Waals surface area contributed by atoms with Crippen LogP contribution in [0.3, 0.4) is 0 Å². The van der Waals surface area contributed by atoms with Crippen molar-refractivity contribution in [3.8, 4) is 23.2 Å². The second-order valence-corrected chi connectivity index (χ2v) is 8.75. The molecule has 11 heteroatoms. The van der Waals surface area contributed by atoms with Crippen LogP contribution in [0.15, 0.2) is 76.8 Å². The molecule has 0 saturated carbocycles. The van der Waals surface area contributed by atoms with E-state index in [9.17, 15) is 12.8 Å². The lowest BCUT2D eigenvalue weighted by Crippen LogP contribution is -2.14. The Hall–Kier alpha value is -4.56. The number of sulfonamides is 1. The highest BCUT2D eigenvalue weighted by atomic mass is 32.2. The normalized spacial score (nSPS) is 11.2. The Labute approximate surface area is 191 Å². The van der Waals surface area contributed by atoms with Gasteiger partial charge >= 0.3 is 0 Å². The fraction of sp³-hybridized carbons (Fsp3) is 0. The molecular weight excluding hydrogens is 464 g/mol. The van der Waals surface area contributed by atoms with E-state index in [0.717, 1.165) is 12.1 Å². The molecule has 168 valence electrons. The summed E-state index contributed by atoms with van der Waals surface area (Å²) in [7, 11) is -4.21. The van der Waals surface area contributed by atoms with Gasteiger partial charge in [0.05, 0.1) is 28.5 Å². The van der Waals surface area contributed by atoms with Gasteiger partial charge in [-0.2, -0.15) is 5.10 Å². The molecule has 2 aromatic carbocycles. The molecule has 2 N–H and O–H groups in total. The first-order valence-corrected chi connectivity index (χ1v) is 11.2. The summed E-state index contributed by atoms with van der Waals surface area (Å²) in [5, 5.41) is 7.22. The van der Waals surface area contributed by atoms with Crippen molar-refractivity contribution >= 4 is 26.7 Å². The van der Waals surface area contributed by atoms with Crippen molar-refractivity contribution in [1.29, 1.82) is 0 Å². The van der Waals surface area contributed by atoms with Crippen molar-refractivity contribution in [3.63, 3.8) is 0 Å². The molecule has 0 amide bonds. The second kappa shape index (κ2) is 8.42. The van der Waals surface area contributed by atoms with Crippen molar-refractivity contribution < 1.29 is 21.6 Å². The molecule has 34 heavy (non-hydrogen) atoms. The molecule has 0 aliphatic carbocycles. The largest absolute Gasteiger partial charge is 0.444 e. The smallest absolute Gasteiger partial charge is 0.262 e. The third-order valence-electron chi connectivity index (χ3n) is 4.82.